The van der Waals surface area contributed by atoms with E-state index in [0.29, 0.717) is 35.9 Å². The molecule has 0 aromatic heterocycles. The third-order valence-corrected chi connectivity index (χ3v) is 4.84. The monoisotopic (exact) mass is 392 g/mol. The molecule has 2 aromatic rings. The van der Waals surface area contributed by atoms with E-state index in [9.17, 15) is 9.59 Å². The van der Waals surface area contributed by atoms with Gasteiger partial charge in [0.15, 0.2) is 0 Å². The Morgan fingerprint density at radius 3 is 2.14 bits per heavy atom. The highest BCUT2D eigenvalue weighted by atomic mass is 16.5. The first kappa shape index (κ1) is 20.6. The zero-order chi connectivity index (χ0) is 21.0. The number of hydrogen-bond acceptors (Lipinski definition) is 4. The van der Waals surface area contributed by atoms with Gasteiger partial charge in [-0.3, -0.25) is 14.5 Å². The number of anilines is 1. The van der Waals surface area contributed by atoms with E-state index in [1.165, 1.54) is 10.5 Å². The number of hydrogen-bond donors (Lipinski definition) is 1. The third-order valence-electron chi connectivity index (χ3n) is 4.84. The van der Waals surface area contributed by atoms with Gasteiger partial charge in [-0.15, -0.1) is 0 Å². The van der Waals surface area contributed by atoms with Gasteiger partial charge in [-0.2, -0.15) is 0 Å². The smallest absolute Gasteiger partial charge is 0.278 e. The van der Waals surface area contributed by atoms with Gasteiger partial charge in [-0.05, 0) is 54.7 Å². The summed E-state index contributed by atoms with van der Waals surface area (Å²) in [6.45, 7) is 9.03. The van der Waals surface area contributed by atoms with Crippen molar-refractivity contribution in [2.24, 2.45) is 5.92 Å². The van der Waals surface area contributed by atoms with Gasteiger partial charge in [0.05, 0.1) is 12.2 Å². The number of carbonyl (C=O) groups is 2. The van der Waals surface area contributed by atoms with E-state index < -0.39 is 0 Å². The molecular weight excluding hydrogens is 364 g/mol. The number of imide groups is 1. The summed E-state index contributed by atoms with van der Waals surface area (Å²) in [6, 6.07) is 15.2. The lowest BCUT2D eigenvalue weighted by atomic mass is 10.0. The zero-order valence-corrected chi connectivity index (χ0v) is 17.5. The van der Waals surface area contributed by atoms with Crippen LogP contribution in [0.5, 0.6) is 5.75 Å². The molecule has 0 fully saturated rings. The molecule has 29 heavy (non-hydrogen) atoms. The topological polar surface area (TPSA) is 58.6 Å². The molecular formula is C24H28N2O3. The molecule has 1 aliphatic rings. The highest BCUT2D eigenvalue weighted by Gasteiger charge is 2.38. The molecule has 5 heteroatoms. The van der Waals surface area contributed by atoms with Crippen LogP contribution in [0.3, 0.4) is 0 Å². The Morgan fingerprint density at radius 1 is 0.931 bits per heavy atom. The molecule has 1 aliphatic heterocycles. The standard InChI is InChI=1S/C24H28N2O3/c1-5-17-7-11-19(12-8-17)25-22-21(23(27)26(6-2)24(22)28)18-9-13-20(14-10-18)29-15-16(3)4/h7-14,16,25H,5-6,15H2,1-4H3. The van der Waals surface area contributed by atoms with Crippen LogP contribution in [-0.2, 0) is 16.0 Å². The van der Waals surface area contributed by atoms with E-state index >= 15 is 0 Å². The van der Waals surface area contributed by atoms with Crippen molar-refractivity contribution in [1.29, 1.82) is 0 Å². The van der Waals surface area contributed by atoms with E-state index in [1.807, 2.05) is 48.5 Å². The summed E-state index contributed by atoms with van der Waals surface area (Å²) in [6.07, 6.45) is 0.945. The van der Waals surface area contributed by atoms with Crippen LogP contribution < -0.4 is 10.1 Å². The molecule has 5 nitrogen and oxygen atoms in total. The SMILES string of the molecule is CCc1ccc(NC2=C(c3ccc(OCC(C)C)cc3)C(=O)N(CC)C2=O)cc1. The van der Waals surface area contributed by atoms with Crippen LogP contribution >= 0.6 is 0 Å². The quantitative estimate of drug-likeness (QED) is 0.672. The minimum atomic E-state index is -0.299. The minimum Gasteiger partial charge on any atom is -0.493 e. The van der Waals surface area contributed by atoms with Gasteiger partial charge in [0.25, 0.3) is 11.8 Å². The molecule has 3 rings (SSSR count). The lowest BCUT2D eigenvalue weighted by Gasteiger charge is -2.12. The molecule has 0 bridgehead atoms. The first-order valence-electron chi connectivity index (χ1n) is 10.1. The Kier molecular flexibility index (Phi) is 6.37. The third kappa shape index (κ3) is 4.50. The molecule has 0 saturated heterocycles. The van der Waals surface area contributed by atoms with Gasteiger partial charge < -0.3 is 10.1 Å². The van der Waals surface area contributed by atoms with Crippen LogP contribution in [0.4, 0.5) is 5.69 Å². The van der Waals surface area contributed by atoms with Gasteiger partial charge in [0.1, 0.15) is 11.4 Å². The van der Waals surface area contributed by atoms with Gasteiger partial charge in [0.2, 0.25) is 0 Å². The van der Waals surface area contributed by atoms with Crippen LogP contribution in [0.2, 0.25) is 0 Å². The number of ether oxygens (including phenoxy) is 1. The normalized spacial score (nSPS) is 14.2. The van der Waals surface area contributed by atoms with Crippen LogP contribution in [-0.4, -0.2) is 29.9 Å². The highest BCUT2D eigenvalue weighted by molar-refractivity contribution is 6.36. The van der Waals surface area contributed by atoms with Gasteiger partial charge >= 0.3 is 0 Å². The van der Waals surface area contributed by atoms with Crippen molar-refractivity contribution in [2.75, 3.05) is 18.5 Å². The molecule has 2 aromatic carbocycles. The lowest BCUT2D eigenvalue weighted by Crippen LogP contribution is -2.32. The average Bonchev–Trinajstić information content (AvgIpc) is 2.96. The summed E-state index contributed by atoms with van der Waals surface area (Å²) in [5, 5.41) is 3.18. The summed E-state index contributed by atoms with van der Waals surface area (Å²) in [4.78, 5) is 27.1. The first-order chi connectivity index (χ1) is 13.9. The Balaban J connectivity index is 1.93. The second-order valence-electron chi connectivity index (χ2n) is 7.51. The fraction of sp³-hybridized carbons (Fsp3) is 0.333. The fourth-order valence-corrected chi connectivity index (χ4v) is 3.20. The second kappa shape index (κ2) is 8.95. The molecule has 0 aliphatic carbocycles. The number of nitrogens with one attached hydrogen (secondary N) is 1. The maximum absolute atomic E-state index is 12.9. The minimum absolute atomic E-state index is 0.277. The molecule has 1 heterocycles. The number of carbonyl (C=O) groups excluding carboxylic acids is 2. The van der Waals surface area contributed by atoms with Crippen molar-refractivity contribution in [3.63, 3.8) is 0 Å². The van der Waals surface area contributed by atoms with E-state index in [-0.39, 0.29) is 11.8 Å². The molecule has 0 radical (unpaired) electrons. The maximum Gasteiger partial charge on any atom is 0.278 e. The number of rotatable bonds is 8. The molecule has 0 spiro atoms. The number of nitrogens with zero attached hydrogens (tertiary/aromatic N) is 1. The largest absolute Gasteiger partial charge is 0.493 e. The van der Waals surface area contributed by atoms with E-state index in [2.05, 4.69) is 26.1 Å². The molecule has 152 valence electrons. The highest BCUT2D eigenvalue weighted by Crippen LogP contribution is 2.31. The van der Waals surface area contributed by atoms with Crippen molar-refractivity contribution in [2.45, 2.75) is 34.1 Å². The Bertz CT molecular complexity index is 912. The summed E-state index contributed by atoms with van der Waals surface area (Å²) >= 11 is 0. The predicted molar refractivity (Wildman–Crippen MR) is 116 cm³/mol. The van der Waals surface area contributed by atoms with Crippen molar-refractivity contribution in [3.8, 4) is 5.75 Å². The summed E-state index contributed by atoms with van der Waals surface area (Å²) < 4.78 is 5.73. The van der Waals surface area contributed by atoms with Crippen LogP contribution in [0.25, 0.3) is 5.57 Å². The first-order valence-corrected chi connectivity index (χ1v) is 10.1. The Hall–Kier alpha value is -3.08. The van der Waals surface area contributed by atoms with Crippen molar-refractivity contribution in [1.82, 2.24) is 4.90 Å². The number of benzene rings is 2. The van der Waals surface area contributed by atoms with E-state index in [0.717, 1.165) is 17.9 Å². The molecule has 0 unspecified atom stereocenters. The van der Waals surface area contributed by atoms with E-state index in [1.54, 1.807) is 6.92 Å². The van der Waals surface area contributed by atoms with Crippen LogP contribution in [0.15, 0.2) is 54.2 Å². The molecule has 1 N–H and O–H groups in total. The number of amides is 2. The van der Waals surface area contributed by atoms with E-state index in [4.69, 9.17) is 4.74 Å². The summed E-state index contributed by atoms with van der Waals surface area (Å²) in [7, 11) is 0. The molecule has 2 amide bonds. The van der Waals surface area contributed by atoms with Crippen molar-refractivity contribution >= 4 is 23.1 Å². The molecule has 0 saturated carbocycles. The summed E-state index contributed by atoms with van der Waals surface area (Å²) in [5.41, 5.74) is 3.41. The summed E-state index contributed by atoms with van der Waals surface area (Å²) in [5.74, 6) is 0.601. The number of aryl methyl sites for hydroxylation is 1. The van der Waals surface area contributed by atoms with Crippen LogP contribution in [0, 0.1) is 5.92 Å². The Labute approximate surface area is 172 Å². The average molecular weight is 392 g/mol. The second-order valence-corrected chi connectivity index (χ2v) is 7.51. The zero-order valence-electron chi connectivity index (χ0n) is 17.5. The lowest BCUT2D eigenvalue weighted by molar-refractivity contribution is -0.136. The fourth-order valence-electron chi connectivity index (χ4n) is 3.20. The van der Waals surface area contributed by atoms with Crippen molar-refractivity contribution in [3.05, 3.63) is 65.4 Å². The van der Waals surface area contributed by atoms with Crippen LogP contribution in [0.1, 0.15) is 38.8 Å². The maximum atomic E-state index is 12.9. The Morgan fingerprint density at radius 2 is 1.59 bits per heavy atom. The predicted octanol–water partition coefficient (Wildman–Crippen LogP) is 4.50. The van der Waals surface area contributed by atoms with Crippen molar-refractivity contribution < 1.29 is 14.3 Å². The molecule has 0 atom stereocenters. The van der Waals surface area contributed by atoms with Gasteiger partial charge in [-0.1, -0.05) is 45.0 Å². The van der Waals surface area contributed by atoms with Gasteiger partial charge in [-0.25, -0.2) is 0 Å². The number of likely N-dealkylation sites (N-methyl/N-ethyl adjacent to an activating group) is 1. The van der Waals surface area contributed by atoms with Gasteiger partial charge in [0, 0.05) is 12.2 Å².